The van der Waals surface area contributed by atoms with Crippen LogP contribution in [0.2, 0.25) is 0 Å². The van der Waals surface area contributed by atoms with Gasteiger partial charge in [0, 0.05) is 6.54 Å². The predicted octanol–water partition coefficient (Wildman–Crippen LogP) is 1.82. The molecule has 27 heavy (non-hydrogen) atoms. The number of rotatable bonds is 8. The van der Waals surface area contributed by atoms with Crippen LogP contribution in [0.1, 0.15) is 11.6 Å². The molecule has 0 aliphatic carbocycles. The monoisotopic (exact) mass is 388 g/mol. The van der Waals surface area contributed by atoms with Crippen molar-refractivity contribution in [2.45, 2.75) is 24.1 Å². The highest BCUT2D eigenvalue weighted by Gasteiger charge is 2.14. The number of halogens is 1. The summed E-state index contributed by atoms with van der Waals surface area (Å²) in [5.74, 6) is 1.18. The summed E-state index contributed by atoms with van der Waals surface area (Å²) < 4.78 is 21.0. The van der Waals surface area contributed by atoms with Crippen LogP contribution in [-0.2, 0) is 18.9 Å². The van der Waals surface area contributed by atoms with Crippen LogP contribution < -0.4 is 16.2 Å². The number of ether oxygens (including phenoxy) is 1. The maximum Gasteiger partial charge on any atom is 0.225 e. The van der Waals surface area contributed by atoms with E-state index in [1.807, 2.05) is 4.57 Å². The molecular weight excluding hydrogens is 371 g/mol. The Balaban J connectivity index is 1.72. The Hall–Kier alpha value is -3.21. The van der Waals surface area contributed by atoms with E-state index in [0.717, 1.165) is 0 Å². The van der Waals surface area contributed by atoms with Gasteiger partial charge in [-0.15, -0.1) is 16.8 Å². The molecule has 0 aliphatic heterocycles. The molecule has 0 radical (unpaired) electrons. The van der Waals surface area contributed by atoms with Crippen LogP contribution in [0.4, 0.5) is 16.3 Å². The number of nitrogen functional groups attached to an aromatic ring is 2. The largest absolute Gasteiger partial charge is 0.483 e. The normalized spacial score (nSPS) is 10.7. The van der Waals surface area contributed by atoms with E-state index < -0.39 is 5.82 Å². The van der Waals surface area contributed by atoms with E-state index in [1.165, 1.54) is 17.8 Å². The molecule has 140 valence electrons. The molecule has 4 N–H and O–H groups in total. The average Bonchev–Trinajstić information content (AvgIpc) is 3.01. The molecule has 1 aromatic carbocycles. The van der Waals surface area contributed by atoms with Gasteiger partial charge in [0.2, 0.25) is 11.9 Å². The molecule has 3 aromatic rings. The minimum atomic E-state index is -0.438. The quantitative estimate of drug-likeness (QED) is 0.438. The standard InChI is InChI=1S/C16H17FN8OS/c1-2-7-25-13(8-26-11-6-4-3-5-10(11)17)23-24-16(25)27-9-12-20-14(18)22-15(19)21-12/h2-6H,1,7-9H2,(H4,18,19,20,21,22). The van der Waals surface area contributed by atoms with Gasteiger partial charge in [0.15, 0.2) is 22.5 Å². The molecule has 9 nitrogen and oxygen atoms in total. The van der Waals surface area contributed by atoms with E-state index in [-0.39, 0.29) is 24.3 Å². The summed E-state index contributed by atoms with van der Waals surface area (Å²) in [5, 5.41) is 8.88. The second-order valence-corrected chi connectivity index (χ2v) is 6.22. The van der Waals surface area contributed by atoms with Crippen molar-refractivity contribution in [2.75, 3.05) is 11.5 Å². The van der Waals surface area contributed by atoms with Gasteiger partial charge in [0.05, 0.1) is 5.75 Å². The minimum absolute atomic E-state index is 0.0598. The summed E-state index contributed by atoms with van der Waals surface area (Å²) >= 11 is 1.35. The van der Waals surface area contributed by atoms with Crippen LogP contribution in [-0.4, -0.2) is 29.7 Å². The van der Waals surface area contributed by atoms with Gasteiger partial charge in [-0.2, -0.15) is 15.0 Å². The van der Waals surface area contributed by atoms with Gasteiger partial charge in [-0.25, -0.2) is 4.39 Å². The first-order valence-corrected chi connectivity index (χ1v) is 8.84. The number of para-hydroxylation sites is 1. The van der Waals surface area contributed by atoms with Crippen LogP contribution in [0.25, 0.3) is 0 Å². The number of nitrogens with zero attached hydrogens (tertiary/aromatic N) is 6. The first-order valence-electron chi connectivity index (χ1n) is 7.86. The molecule has 0 aliphatic rings. The van der Waals surface area contributed by atoms with Crippen molar-refractivity contribution in [1.29, 1.82) is 0 Å². The second-order valence-electron chi connectivity index (χ2n) is 5.27. The predicted molar refractivity (Wildman–Crippen MR) is 99.2 cm³/mol. The van der Waals surface area contributed by atoms with Gasteiger partial charge in [-0.1, -0.05) is 30.0 Å². The van der Waals surface area contributed by atoms with Crippen molar-refractivity contribution in [3.05, 3.63) is 54.4 Å². The lowest BCUT2D eigenvalue weighted by Crippen LogP contribution is -2.09. The number of thioether (sulfide) groups is 1. The van der Waals surface area contributed by atoms with Crippen molar-refractivity contribution >= 4 is 23.7 Å². The average molecular weight is 388 g/mol. The molecule has 0 atom stereocenters. The van der Waals surface area contributed by atoms with Crippen molar-refractivity contribution in [2.24, 2.45) is 0 Å². The van der Waals surface area contributed by atoms with Gasteiger partial charge in [-0.05, 0) is 12.1 Å². The Labute approximate surface area is 158 Å². The van der Waals surface area contributed by atoms with Crippen molar-refractivity contribution in [3.8, 4) is 5.75 Å². The summed E-state index contributed by atoms with van der Waals surface area (Å²) in [6, 6.07) is 6.17. The third kappa shape index (κ3) is 4.70. The number of benzene rings is 1. The lowest BCUT2D eigenvalue weighted by atomic mass is 10.3. The maximum absolute atomic E-state index is 13.7. The molecule has 0 bridgehead atoms. The zero-order valence-electron chi connectivity index (χ0n) is 14.2. The Morgan fingerprint density at radius 1 is 1.15 bits per heavy atom. The zero-order chi connectivity index (χ0) is 19.2. The summed E-state index contributed by atoms with van der Waals surface area (Å²) in [6.45, 7) is 4.27. The highest BCUT2D eigenvalue weighted by molar-refractivity contribution is 7.98. The van der Waals surface area contributed by atoms with Crippen LogP contribution in [0.3, 0.4) is 0 Å². The van der Waals surface area contributed by atoms with Gasteiger partial charge in [0.1, 0.15) is 12.4 Å². The van der Waals surface area contributed by atoms with Crippen LogP contribution in [0.15, 0.2) is 42.1 Å². The number of nitrogens with two attached hydrogens (primary N) is 2. The summed E-state index contributed by atoms with van der Waals surface area (Å²) in [4.78, 5) is 11.8. The fourth-order valence-electron chi connectivity index (χ4n) is 2.20. The molecule has 0 saturated carbocycles. The number of allylic oxidation sites excluding steroid dienone is 1. The van der Waals surface area contributed by atoms with Crippen molar-refractivity contribution in [1.82, 2.24) is 29.7 Å². The molecule has 2 heterocycles. The first kappa shape index (κ1) is 18.6. The first-order chi connectivity index (χ1) is 13.1. The van der Waals surface area contributed by atoms with Crippen molar-refractivity contribution in [3.63, 3.8) is 0 Å². The highest BCUT2D eigenvalue weighted by atomic mass is 32.2. The number of aromatic nitrogens is 6. The molecule has 0 spiro atoms. The van der Waals surface area contributed by atoms with Crippen LogP contribution in [0, 0.1) is 5.82 Å². The molecule has 3 rings (SSSR count). The summed E-state index contributed by atoms with van der Waals surface area (Å²) in [7, 11) is 0. The number of hydrogen-bond acceptors (Lipinski definition) is 9. The van der Waals surface area contributed by atoms with Crippen LogP contribution in [0.5, 0.6) is 5.75 Å². The third-order valence-corrected chi connectivity index (χ3v) is 4.31. The van der Waals surface area contributed by atoms with Gasteiger partial charge in [0.25, 0.3) is 0 Å². The zero-order valence-corrected chi connectivity index (χ0v) is 15.1. The molecule has 11 heteroatoms. The Morgan fingerprint density at radius 3 is 2.59 bits per heavy atom. The molecule has 0 fully saturated rings. The van der Waals surface area contributed by atoms with Gasteiger partial charge < -0.3 is 16.2 Å². The summed E-state index contributed by atoms with van der Waals surface area (Å²) in [6.07, 6.45) is 1.71. The number of anilines is 2. The van der Waals surface area contributed by atoms with E-state index in [0.29, 0.717) is 29.1 Å². The van der Waals surface area contributed by atoms with E-state index >= 15 is 0 Å². The second kappa shape index (κ2) is 8.45. The Bertz CT molecular complexity index is 928. The van der Waals surface area contributed by atoms with E-state index in [1.54, 1.807) is 24.3 Å². The smallest absolute Gasteiger partial charge is 0.225 e. The maximum atomic E-state index is 13.7. The minimum Gasteiger partial charge on any atom is -0.483 e. The van der Waals surface area contributed by atoms with Crippen molar-refractivity contribution < 1.29 is 9.13 Å². The van der Waals surface area contributed by atoms with Gasteiger partial charge >= 0.3 is 0 Å². The fraction of sp³-hybridized carbons (Fsp3) is 0.188. The van der Waals surface area contributed by atoms with E-state index in [9.17, 15) is 4.39 Å². The highest BCUT2D eigenvalue weighted by Crippen LogP contribution is 2.22. The lowest BCUT2D eigenvalue weighted by molar-refractivity contribution is 0.275. The lowest BCUT2D eigenvalue weighted by Gasteiger charge is -2.09. The van der Waals surface area contributed by atoms with Gasteiger partial charge in [-0.3, -0.25) is 4.57 Å². The summed E-state index contributed by atoms with van der Waals surface area (Å²) in [5.41, 5.74) is 11.1. The number of hydrogen-bond donors (Lipinski definition) is 2. The van der Waals surface area contributed by atoms with Crippen LogP contribution >= 0.6 is 11.8 Å². The van der Waals surface area contributed by atoms with E-state index in [2.05, 4.69) is 31.7 Å². The molecule has 0 unspecified atom stereocenters. The Morgan fingerprint density at radius 2 is 1.89 bits per heavy atom. The topological polar surface area (TPSA) is 131 Å². The van der Waals surface area contributed by atoms with E-state index in [4.69, 9.17) is 16.2 Å². The third-order valence-electron chi connectivity index (χ3n) is 3.35. The molecule has 0 saturated heterocycles. The fourth-order valence-corrected chi connectivity index (χ4v) is 3.02. The molecular formula is C16H17FN8OS. The SMILES string of the molecule is C=CCn1c(COc2ccccc2F)nnc1SCc1nc(N)nc(N)n1. The Kier molecular flexibility index (Phi) is 5.81. The molecule has 2 aromatic heterocycles. The molecule has 0 amide bonds.